The van der Waals surface area contributed by atoms with E-state index in [1.807, 2.05) is 0 Å². The molecule has 1 aliphatic carbocycles. The maximum atomic E-state index is 6.24. The molecule has 2 fully saturated rings. The molecule has 0 aromatic heterocycles. The third-order valence-electron chi connectivity index (χ3n) is 5.17. The topological polar surface area (TPSA) is 29.3 Å². The van der Waals surface area contributed by atoms with Crippen molar-refractivity contribution in [1.29, 1.82) is 0 Å². The molecule has 2 atom stereocenters. The fraction of sp³-hybridized carbons (Fsp3) is 1.00. The molecule has 2 N–H and O–H groups in total. The Kier molecular flexibility index (Phi) is 5.08. The summed E-state index contributed by atoms with van der Waals surface area (Å²) < 4.78 is 0. The van der Waals surface area contributed by atoms with Gasteiger partial charge in [-0.2, -0.15) is 0 Å². The predicted molar refractivity (Wildman–Crippen MR) is 78.6 cm³/mol. The van der Waals surface area contributed by atoms with Crippen LogP contribution in [0.5, 0.6) is 0 Å². The van der Waals surface area contributed by atoms with Crippen LogP contribution in [0.2, 0.25) is 0 Å². The molecule has 0 aromatic rings. The van der Waals surface area contributed by atoms with Crippen molar-refractivity contribution in [2.75, 3.05) is 19.6 Å². The van der Waals surface area contributed by atoms with Crippen molar-refractivity contribution in [3.8, 4) is 0 Å². The third kappa shape index (κ3) is 3.27. The van der Waals surface area contributed by atoms with Crippen LogP contribution in [0, 0.1) is 11.8 Å². The van der Waals surface area contributed by atoms with E-state index in [4.69, 9.17) is 5.73 Å². The molecule has 2 heteroatoms. The van der Waals surface area contributed by atoms with Gasteiger partial charge >= 0.3 is 0 Å². The van der Waals surface area contributed by atoms with Gasteiger partial charge in [0, 0.05) is 12.1 Å². The Morgan fingerprint density at radius 2 is 1.44 bits per heavy atom. The number of rotatable bonds is 2. The normalized spacial score (nSPS) is 40.2. The van der Waals surface area contributed by atoms with Crippen LogP contribution in [0.3, 0.4) is 0 Å². The summed E-state index contributed by atoms with van der Waals surface area (Å²) in [5, 5.41) is 0. The summed E-state index contributed by atoms with van der Waals surface area (Å²) in [5.41, 5.74) is 6.57. The molecule has 1 heterocycles. The highest BCUT2D eigenvalue weighted by Crippen LogP contribution is 2.40. The van der Waals surface area contributed by atoms with E-state index in [0.29, 0.717) is 5.54 Å². The lowest BCUT2D eigenvalue weighted by Gasteiger charge is -2.50. The van der Waals surface area contributed by atoms with Gasteiger partial charge in [0.05, 0.1) is 0 Å². The summed E-state index contributed by atoms with van der Waals surface area (Å²) >= 11 is 0. The van der Waals surface area contributed by atoms with Gasteiger partial charge in [0.2, 0.25) is 0 Å². The van der Waals surface area contributed by atoms with Gasteiger partial charge in [-0.1, -0.05) is 33.1 Å². The van der Waals surface area contributed by atoms with Gasteiger partial charge in [0.1, 0.15) is 0 Å². The minimum atomic E-state index is 0.328. The van der Waals surface area contributed by atoms with Crippen molar-refractivity contribution in [1.82, 2.24) is 4.90 Å². The molecule has 0 amide bonds. The molecule has 1 saturated heterocycles. The van der Waals surface area contributed by atoms with Crippen LogP contribution in [0.4, 0.5) is 0 Å². The summed E-state index contributed by atoms with van der Waals surface area (Å²) in [4.78, 5) is 2.78. The SMILES string of the molecule is CC1CC(C)CC(CN)(N2CCCCCCC2)C1. The van der Waals surface area contributed by atoms with Crippen molar-refractivity contribution in [3.05, 3.63) is 0 Å². The molecule has 18 heavy (non-hydrogen) atoms. The molecule has 0 bridgehead atoms. The first-order valence-electron chi connectivity index (χ1n) is 8.11. The van der Waals surface area contributed by atoms with Gasteiger partial charge in [-0.05, 0) is 57.0 Å². The number of hydrogen-bond acceptors (Lipinski definition) is 2. The van der Waals surface area contributed by atoms with E-state index in [-0.39, 0.29) is 0 Å². The molecular weight excluding hydrogens is 220 g/mol. The molecule has 2 aliphatic rings. The first-order chi connectivity index (χ1) is 8.66. The van der Waals surface area contributed by atoms with Crippen LogP contribution in [-0.2, 0) is 0 Å². The molecule has 2 unspecified atom stereocenters. The van der Waals surface area contributed by atoms with Gasteiger partial charge in [-0.25, -0.2) is 0 Å². The Morgan fingerprint density at radius 1 is 0.944 bits per heavy atom. The van der Waals surface area contributed by atoms with Crippen molar-refractivity contribution in [2.45, 2.75) is 70.8 Å². The predicted octanol–water partition coefficient (Wildman–Crippen LogP) is 3.41. The zero-order valence-corrected chi connectivity index (χ0v) is 12.5. The van der Waals surface area contributed by atoms with Crippen molar-refractivity contribution < 1.29 is 0 Å². The highest BCUT2D eigenvalue weighted by atomic mass is 15.2. The summed E-state index contributed by atoms with van der Waals surface area (Å²) in [6.07, 6.45) is 11.1. The van der Waals surface area contributed by atoms with E-state index in [1.54, 1.807) is 0 Å². The van der Waals surface area contributed by atoms with E-state index in [2.05, 4.69) is 18.7 Å². The second-order valence-corrected chi connectivity index (χ2v) is 7.04. The van der Waals surface area contributed by atoms with Crippen LogP contribution in [0.25, 0.3) is 0 Å². The van der Waals surface area contributed by atoms with Crippen LogP contribution in [0.15, 0.2) is 0 Å². The van der Waals surface area contributed by atoms with Crippen molar-refractivity contribution >= 4 is 0 Å². The Hall–Kier alpha value is -0.0800. The lowest BCUT2D eigenvalue weighted by Crippen LogP contribution is -2.58. The zero-order chi connectivity index (χ0) is 13.0. The molecule has 1 aliphatic heterocycles. The fourth-order valence-electron chi connectivity index (χ4n) is 4.51. The Labute approximate surface area is 113 Å². The number of nitrogens with zero attached hydrogens (tertiary/aromatic N) is 1. The van der Waals surface area contributed by atoms with Gasteiger partial charge < -0.3 is 5.73 Å². The molecule has 0 spiro atoms. The van der Waals surface area contributed by atoms with Crippen molar-refractivity contribution in [2.24, 2.45) is 17.6 Å². The standard InChI is InChI=1S/C16H32N2/c1-14-10-15(2)12-16(11-14,13-17)18-8-6-4-3-5-7-9-18/h14-15H,3-13,17H2,1-2H3. The van der Waals surface area contributed by atoms with Gasteiger partial charge in [0.15, 0.2) is 0 Å². The summed E-state index contributed by atoms with van der Waals surface area (Å²) in [6, 6.07) is 0. The molecule has 0 radical (unpaired) electrons. The van der Waals surface area contributed by atoms with Gasteiger partial charge in [-0.15, -0.1) is 0 Å². The third-order valence-corrected chi connectivity index (χ3v) is 5.17. The molecule has 1 saturated carbocycles. The summed E-state index contributed by atoms with van der Waals surface area (Å²) in [5.74, 6) is 1.70. The summed E-state index contributed by atoms with van der Waals surface area (Å²) in [6.45, 7) is 8.28. The largest absolute Gasteiger partial charge is 0.329 e. The van der Waals surface area contributed by atoms with Crippen LogP contribution in [-0.4, -0.2) is 30.1 Å². The average Bonchev–Trinajstić information content (AvgIpc) is 2.26. The highest BCUT2D eigenvalue weighted by molar-refractivity contribution is 4.98. The van der Waals surface area contributed by atoms with Crippen LogP contribution < -0.4 is 5.73 Å². The highest BCUT2D eigenvalue weighted by Gasteiger charge is 2.41. The Bertz CT molecular complexity index is 233. The monoisotopic (exact) mass is 252 g/mol. The molecule has 106 valence electrons. The smallest absolute Gasteiger partial charge is 0.0336 e. The molecule has 2 nitrogen and oxygen atoms in total. The minimum Gasteiger partial charge on any atom is -0.329 e. The lowest BCUT2D eigenvalue weighted by atomic mass is 9.70. The van der Waals surface area contributed by atoms with Gasteiger partial charge in [-0.3, -0.25) is 4.90 Å². The molecular formula is C16H32N2. The fourth-order valence-corrected chi connectivity index (χ4v) is 4.51. The maximum Gasteiger partial charge on any atom is 0.0336 e. The number of likely N-dealkylation sites (tertiary alicyclic amines) is 1. The molecule has 0 aromatic carbocycles. The first kappa shape index (κ1) is 14.3. The van der Waals surface area contributed by atoms with Gasteiger partial charge in [0.25, 0.3) is 0 Å². The van der Waals surface area contributed by atoms with E-state index in [0.717, 1.165) is 18.4 Å². The van der Waals surface area contributed by atoms with E-state index in [1.165, 1.54) is 64.5 Å². The van der Waals surface area contributed by atoms with E-state index < -0.39 is 0 Å². The van der Waals surface area contributed by atoms with E-state index in [9.17, 15) is 0 Å². The second-order valence-electron chi connectivity index (χ2n) is 7.04. The quantitative estimate of drug-likeness (QED) is 0.816. The average molecular weight is 252 g/mol. The second kappa shape index (κ2) is 6.38. The zero-order valence-electron chi connectivity index (χ0n) is 12.5. The lowest BCUT2D eigenvalue weighted by molar-refractivity contribution is 0.0141. The maximum absolute atomic E-state index is 6.24. The van der Waals surface area contributed by atoms with Crippen LogP contribution in [0.1, 0.15) is 65.2 Å². The number of nitrogens with two attached hydrogens (primary N) is 1. The summed E-state index contributed by atoms with van der Waals surface area (Å²) in [7, 11) is 0. The Morgan fingerprint density at radius 3 is 1.94 bits per heavy atom. The van der Waals surface area contributed by atoms with Crippen molar-refractivity contribution in [3.63, 3.8) is 0 Å². The Balaban J connectivity index is 2.08. The van der Waals surface area contributed by atoms with E-state index >= 15 is 0 Å². The first-order valence-corrected chi connectivity index (χ1v) is 8.11. The molecule has 2 rings (SSSR count). The minimum absolute atomic E-state index is 0.328. The van der Waals surface area contributed by atoms with Crippen LogP contribution >= 0.6 is 0 Å². The number of hydrogen-bond donors (Lipinski definition) is 1.